The van der Waals surface area contributed by atoms with Crippen molar-refractivity contribution in [1.82, 2.24) is 14.9 Å². The van der Waals surface area contributed by atoms with Crippen molar-refractivity contribution in [3.05, 3.63) is 30.1 Å². The fourth-order valence-electron chi connectivity index (χ4n) is 1.73. The average molecular weight is 297 g/mol. The fourth-order valence-corrected chi connectivity index (χ4v) is 1.73. The number of carboxylic acid groups (broad SMARTS) is 1. The van der Waals surface area contributed by atoms with E-state index in [1.165, 1.54) is 6.33 Å². The number of carboxylic acids is 1. The van der Waals surface area contributed by atoms with E-state index in [0.717, 1.165) is 24.3 Å². The minimum Gasteiger partial charge on any atom is -0.478 e. The fraction of sp³-hybridized carbons (Fsp3) is 0.308. The Bertz CT molecular complexity index is 604. The topological polar surface area (TPSA) is 78.3 Å². The molecule has 1 aromatic carbocycles. The molecule has 0 saturated heterocycles. The van der Waals surface area contributed by atoms with E-state index in [4.69, 9.17) is 5.11 Å². The Morgan fingerprint density at radius 1 is 1.35 bits per heavy atom. The summed E-state index contributed by atoms with van der Waals surface area (Å²) < 4.78 is 0. The number of halogens is 1. The SMILES string of the molecule is CN(C)CCNc1ncnc2cc(C(=O)O)ccc12.Cl. The van der Waals surface area contributed by atoms with Gasteiger partial charge in [-0.15, -0.1) is 12.4 Å². The van der Waals surface area contributed by atoms with Crippen LogP contribution in [0.25, 0.3) is 10.9 Å². The van der Waals surface area contributed by atoms with Gasteiger partial charge in [0.25, 0.3) is 0 Å². The van der Waals surface area contributed by atoms with Gasteiger partial charge in [0.15, 0.2) is 0 Å². The van der Waals surface area contributed by atoms with Crippen LogP contribution >= 0.6 is 12.4 Å². The van der Waals surface area contributed by atoms with E-state index in [1.807, 2.05) is 14.1 Å². The second-order valence-corrected chi connectivity index (χ2v) is 4.49. The second-order valence-electron chi connectivity index (χ2n) is 4.49. The van der Waals surface area contributed by atoms with Crippen molar-refractivity contribution >= 4 is 35.1 Å². The monoisotopic (exact) mass is 296 g/mol. The summed E-state index contributed by atoms with van der Waals surface area (Å²) in [7, 11) is 4.00. The molecule has 7 heteroatoms. The third kappa shape index (κ3) is 3.79. The third-order valence-electron chi connectivity index (χ3n) is 2.73. The van der Waals surface area contributed by atoms with Crippen molar-refractivity contribution in [3.63, 3.8) is 0 Å². The van der Waals surface area contributed by atoms with Crippen LogP contribution in [-0.4, -0.2) is 53.1 Å². The summed E-state index contributed by atoms with van der Waals surface area (Å²) in [5, 5.41) is 13.0. The van der Waals surface area contributed by atoms with Gasteiger partial charge in [0.1, 0.15) is 12.1 Å². The number of likely N-dealkylation sites (N-methyl/N-ethyl adjacent to an activating group) is 1. The molecule has 0 amide bonds. The maximum atomic E-state index is 10.9. The first-order valence-electron chi connectivity index (χ1n) is 5.94. The zero-order chi connectivity index (χ0) is 13.8. The number of rotatable bonds is 5. The molecule has 20 heavy (non-hydrogen) atoms. The molecule has 0 fully saturated rings. The van der Waals surface area contributed by atoms with Crippen molar-refractivity contribution in [2.45, 2.75) is 0 Å². The Balaban J connectivity index is 0.00000200. The highest BCUT2D eigenvalue weighted by Crippen LogP contribution is 2.20. The Hall–Kier alpha value is -1.92. The number of nitrogens with zero attached hydrogens (tertiary/aromatic N) is 3. The first-order valence-corrected chi connectivity index (χ1v) is 5.94. The van der Waals surface area contributed by atoms with Gasteiger partial charge in [0.05, 0.1) is 11.1 Å². The molecule has 1 heterocycles. The van der Waals surface area contributed by atoms with E-state index >= 15 is 0 Å². The lowest BCUT2D eigenvalue weighted by Crippen LogP contribution is -2.21. The number of aromatic carboxylic acids is 1. The van der Waals surface area contributed by atoms with Crippen molar-refractivity contribution in [3.8, 4) is 0 Å². The average Bonchev–Trinajstić information content (AvgIpc) is 2.37. The number of aromatic nitrogens is 2. The van der Waals surface area contributed by atoms with Gasteiger partial charge < -0.3 is 15.3 Å². The first-order chi connectivity index (χ1) is 9.08. The van der Waals surface area contributed by atoms with E-state index in [0.29, 0.717) is 5.52 Å². The molecule has 0 radical (unpaired) electrons. The van der Waals surface area contributed by atoms with Gasteiger partial charge in [0.2, 0.25) is 0 Å². The minimum atomic E-state index is -0.956. The summed E-state index contributed by atoms with van der Waals surface area (Å²) in [5.41, 5.74) is 0.854. The maximum Gasteiger partial charge on any atom is 0.335 e. The quantitative estimate of drug-likeness (QED) is 0.875. The second kappa shape index (κ2) is 7.02. The molecule has 2 N–H and O–H groups in total. The molecule has 0 aliphatic heterocycles. The van der Waals surface area contributed by atoms with Crippen LogP contribution in [0.5, 0.6) is 0 Å². The van der Waals surface area contributed by atoms with Crippen LogP contribution in [-0.2, 0) is 0 Å². The smallest absolute Gasteiger partial charge is 0.335 e. The molecule has 108 valence electrons. The van der Waals surface area contributed by atoms with Crippen LogP contribution in [0.4, 0.5) is 5.82 Å². The van der Waals surface area contributed by atoms with E-state index in [9.17, 15) is 4.79 Å². The summed E-state index contributed by atoms with van der Waals surface area (Å²) in [6, 6.07) is 4.85. The highest BCUT2D eigenvalue weighted by molar-refractivity contribution is 5.96. The molecule has 6 nitrogen and oxygen atoms in total. The van der Waals surface area contributed by atoms with Crippen LogP contribution in [0.15, 0.2) is 24.5 Å². The first kappa shape index (κ1) is 16.1. The number of anilines is 1. The van der Waals surface area contributed by atoms with Crippen LogP contribution in [0.3, 0.4) is 0 Å². The lowest BCUT2D eigenvalue weighted by molar-refractivity contribution is 0.0697. The van der Waals surface area contributed by atoms with Crippen LogP contribution < -0.4 is 5.32 Å². The Kier molecular flexibility index (Phi) is 5.66. The lowest BCUT2D eigenvalue weighted by Gasteiger charge is -2.12. The molecular weight excluding hydrogens is 280 g/mol. The number of hydrogen-bond acceptors (Lipinski definition) is 5. The molecule has 0 atom stereocenters. The lowest BCUT2D eigenvalue weighted by atomic mass is 10.1. The summed E-state index contributed by atoms with van der Waals surface area (Å²) in [6.07, 6.45) is 1.44. The van der Waals surface area contributed by atoms with Crippen molar-refractivity contribution in [2.75, 3.05) is 32.5 Å². The molecule has 2 rings (SSSR count). The Morgan fingerprint density at radius 3 is 2.75 bits per heavy atom. The van der Waals surface area contributed by atoms with Crippen molar-refractivity contribution in [2.24, 2.45) is 0 Å². The summed E-state index contributed by atoms with van der Waals surface area (Å²) in [5.74, 6) is -0.230. The molecule has 2 aromatic rings. The molecular formula is C13H17ClN4O2. The summed E-state index contributed by atoms with van der Waals surface area (Å²) in [6.45, 7) is 1.65. The highest BCUT2D eigenvalue weighted by Gasteiger charge is 2.07. The van der Waals surface area contributed by atoms with E-state index in [-0.39, 0.29) is 18.0 Å². The molecule has 0 bridgehead atoms. The molecule has 0 spiro atoms. The third-order valence-corrected chi connectivity index (χ3v) is 2.73. The van der Waals surface area contributed by atoms with Gasteiger partial charge in [-0.05, 0) is 32.3 Å². The number of carbonyl (C=O) groups is 1. The summed E-state index contributed by atoms with van der Waals surface area (Å²) >= 11 is 0. The van der Waals surface area contributed by atoms with Crippen molar-refractivity contribution < 1.29 is 9.90 Å². The van der Waals surface area contributed by atoms with E-state index in [2.05, 4.69) is 20.2 Å². The van der Waals surface area contributed by atoms with Gasteiger partial charge in [-0.3, -0.25) is 0 Å². The predicted octanol–water partition coefficient (Wildman–Crippen LogP) is 1.72. The Labute approximate surface area is 123 Å². The van der Waals surface area contributed by atoms with Gasteiger partial charge in [-0.25, -0.2) is 14.8 Å². The zero-order valence-corrected chi connectivity index (χ0v) is 12.1. The van der Waals surface area contributed by atoms with Gasteiger partial charge in [-0.1, -0.05) is 0 Å². The standard InChI is InChI=1S/C13H16N4O2.ClH/c1-17(2)6-5-14-12-10-4-3-9(13(18)19)7-11(10)15-8-16-12;/h3-4,7-8H,5-6H2,1-2H3,(H,18,19)(H,14,15,16);1H. The largest absolute Gasteiger partial charge is 0.478 e. The number of benzene rings is 1. The molecule has 1 aromatic heterocycles. The minimum absolute atomic E-state index is 0. The normalized spacial score (nSPS) is 10.3. The number of fused-ring (bicyclic) bond motifs is 1. The van der Waals surface area contributed by atoms with Crippen LogP contribution in [0, 0.1) is 0 Å². The number of hydrogen-bond donors (Lipinski definition) is 2. The molecule has 0 unspecified atom stereocenters. The summed E-state index contributed by atoms with van der Waals surface area (Å²) in [4.78, 5) is 21.3. The Morgan fingerprint density at radius 2 is 2.10 bits per heavy atom. The van der Waals surface area contributed by atoms with E-state index in [1.54, 1.807) is 18.2 Å². The van der Waals surface area contributed by atoms with Gasteiger partial charge in [0, 0.05) is 18.5 Å². The van der Waals surface area contributed by atoms with Gasteiger partial charge in [-0.2, -0.15) is 0 Å². The predicted molar refractivity (Wildman–Crippen MR) is 80.8 cm³/mol. The van der Waals surface area contributed by atoms with Gasteiger partial charge >= 0.3 is 5.97 Å². The molecule has 0 saturated carbocycles. The highest BCUT2D eigenvalue weighted by atomic mass is 35.5. The van der Waals surface area contributed by atoms with Crippen molar-refractivity contribution in [1.29, 1.82) is 0 Å². The maximum absolute atomic E-state index is 10.9. The van der Waals surface area contributed by atoms with E-state index < -0.39 is 5.97 Å². The molecule has 0 aliphatic carbocycles. The molecule has 0 aliphatic rings. The van der Waals surface area contributed by atoms with Crippen LogP contribution in [0.1, 0.15) is 10.4 Å². The van der Waals surface area contributed by atoms with Crippen LogP contribution in [0.2, 0.25) is 0 Å². The zero-order valence-electron chi connectivity index (χ0n) is 11.3. The number of nitrogens with one attached hydrogen (secondary N) is 1.